The van der Waals surface area contributed by atoms with Crippen molar-refractivity contribution in [2.24, 2.45) is 5.41 Å². The molecule has 3 aromatic rings. The molecular formula is C23H28FN5O2. The second-order valence-electron chi connectivity index (χ2n) is 8.63. The van der Waals surface area contributed by atoms with E-state index in [0.717, 1.165) is 31.4 Å². The van der Waals surface area contributed by atoms with Gasteiger partial charge in [-0.15, -0.1) is 5.10 Å². The van der Waals surface area contributed by atoms with Gasteiger partial charge in [0, 0.05) is 24.0 Å². The molecule has 1 aliphatic carbocycles. The fourth-order valence-corrected chi connectivity index (χ4v) is 4.46. The maximum Gasteiger partial charge on any atom is 0.336 e. The van der Waals surface area contributed by atoms with Gasteiger partial charge in [0.1, 0.15) is 23.7 Å². The van der Waals surface area contributed by atoms with E-state index >= 15 is 0 Å². The number of imidazole rings is 1. The molecule has 0 bridgehead atoms. The van der Waals surface area contributed by atoms with E-state index in [4.69, 9.17) is 4.74 Å². The molecule has 1 aliphatic rings. The van der Waals surface area contributed by atoms with Crippen molar-refractivity contribution in [3.8, 4) is 28.7 Å². The first-order valence-electron chi connectivity index (χ1n) is 10.8. The molecule has 2 aromatic heterocycles. The number of benzene rings is 1. The number of phenolic OH excluding ortho intramolecular Hbond substituents is 1. The van der Waals surface area contributed by atoms with Gasteiger partial charge in [-0.1, -0.05) is 25.4 Å². The van der Waals surface area contributed by atoms with Crippen LogP contribution in [0.4, 0.5) is 4.39 Å². The van der Waals surface area contributed by atoms with E-state index in [-0.39, 0.29) is 17.2 Å². The molecule has 0 aliphatic heterocycles. The Bertz CT molecular complexity index is 996. The number of ether oxygens (including phenoxy) is 1. The number of nitrogens with zero attached hydrogens (tertiary/aromatic N) is 5. The number of phenols is 1. The molecule has 0 saturated heterocycles. The van der Waals surface area contributed by atoms with Crippen LogP contribution in [0.2, 0.25) is 0 Å². The van der Waals surface area contributed by atoms with Crippen LogP contribution in [0.3, 0.4) is 0 Å². The van der Waals surface area contributed by atoms with Crippen molar-refractivity contribution in [2.75, 3.05) is 0 Å². The summed E-state index contributed by atoms with van der Waals surface area (Å²) in [6, 6.07) is 5.27. The van der Waals surface area contributed by atoms with E-state index in [1.165, 1.54) is 6.20 Å². The zero-order chi connectivity index (χ0) is 21.8. The Labute approximate surface area is 181 Å². The van der Waals surface area contributed by atoms with Gasteiger partial charge >= 0.3 is 6.01 Å². The molecule has 1 aromatic carbocycles. The van der Waals surface area contributed by atoms with Crippen LogP contribution in [0.25, 0.3) is 16.9 Å². The Morgan fingerprint density at radius 1 is 1.32 bits per heavy atom. The van der Waals surface area contributed by atoms with Crippen LogP contribution < -0.4 is 4.74 Å². The summed E-state index contributed by atoms with van der Waals surface area (Å²) in [5.74, 6) is 0.0545. The van der Waals surface area contributed by atoms with E-state index in [1.54, 1.807) is 35.4 Å². The first-order valence-corrected chi connectivity index (χ1v) is 10.8. The van der Waals surface area contributed by atoms with Crippen molar-refractivity contribution in [3.05, 3.63) is 43.1 Å². The third kappa shape index (κ3) is 4.84. The monoisotopic (exact) mass is 425 g/mol. The zero-order valence-corrected chi connectivity index (χ0v) is 17.9. The predicted octanol–water partition coefficient (Wildman–Crippen LogP) is 4.90. The minimum absolute atomic E-state index is 0.0545. The average molecular weight is 426 g/mol. The average Bonchev–Trinajstić information content (AvgIpc) is 3.24. The highest BCUT2D eigenvalue weighted by Crippen LogP contribution is 2.40. The van der Waals surface area contributed by atoms with E-state index in [0.29, 0.717) is 24.1 Å². The normalized spacial score (nSPS) is 24.0. The van der Waals surface area contributed by atoms with E-state index in [9.17, 15) is 9.50 Å². The number of hydrogen-bond acceptors (Lipinski definition) is 6. The number of aromatic nitrogens is 5. The van der Waals surface area contributed by atoms with Gasteiger partial charge in [-0.2, -0.15) is 0 Å². The molecular weight excluding hydrogens is 397 g/mol. The molecule has 3 atom stereocenters. The lowest BCUT2D eigenvalue weighted by Gasteiger charge is -2.31. The van der Waals surface area contributed by atoms with Crippen LogP contribution in [0, 0.1) is 5.41 Å². The van der Waals surface area contributed by atoms with Gasteiger partial charge in [0.15, 0.2) is 0 Å². The molecule has 4 rings (SSSR count). The van der Waals surface area contributed by atoms with Crippen LogP contribution in [-0.2, 0) is 0 Å². The lowest BCUT2D eigenvalue weighted by molar-refractivity contribution is 0.0560. The number of hydrogen-bond donors (Lipinski definition) is 1. The van der Waals surface area contributed by atoms with Crippen LogP contribution in [0.5, 0.6) is 11.8 Å². The summed E-state index contributed by atoms with van der Waals surface area (Å²) in [7, 11) is 0. The van der Waals surface area contributed by atoms with Crippen LogP contribution in [0.1, 0.15) is 52.4 Å². The number of halogens is 1. The standard InChI is InChI=1S/C23H28FN5O2/c1-3-8-23(2)9-4-5-18(24)21(13-23)31-22-26-14-19(27-28-22)17-7-6-16(12-20(17)30)29-11-10-25-15-29/h6-7,10-12,14-15,18,21,30H,3-5,8-9,13H2,1-2H3/t18-,21+,23+/m0/s1. The highest BCUT2D eigenvalue weighted by atomic mass is 19.1. The van der Waals surface area contributed by atoms with Crippen molar-refractivity contribution in [3.63, 3.8) is 0 Å². The highest BCUT2D eigenvalue weighted by Gasteiger charge is 2.36. The molecule has 0 amide bonds. The lowest BCUT2D eigenvalue weighted by atomic mass is 9.78. The largest absolute Gasteiger partial charge is 0.507 e. The Morgan fingerprint density at radius 2 is 2.19 bits per heavy atom. The quantitative estimate of drug-likeness (QED) is 0.566. The van der Waals surface area contributed by atoms with Gasteiger partial charge in [0.25, 0.3) is 0 Å². The molecule has 1 fully saturated rings. The fraction of sp³-hybridized carbons (Fsp3) is 0.478. The maximum atomic E-state index is 14.7. The Hall–Kier alpha value is -3.03. The van der Waals surface area contributed by atoms with E-state index in [1.807, 2.05) is 6.07 Å². The zero-order valence-electron chi connectivity index (χ0n) is 17.9. The number of aromatic hydroxyl groups is 1. The maximum absolute atomic E-state index is 14.7. The number of alkyl halides is 1. The smallest absolute Gasteiger partial charge is 0.336 e. The summed E-state index contributed by atoms with van der Waals surface area (Å²) in [5.41, 5.74) is 1.76. The van der Waals surface area contributed by atoms with Crippen molar-refractivity contribution < 1.29 is 14.2 Å². The molecule has 0 spiro atoms. The first-order chi connectivity index (χ1) is 15.0. The molecule has 1 saturated carbocycles. The molecule has 0 radical (unpaired) electrons. The first kappa shape index (κ1) is 21.2. The van der Waals surface area contributed by atoms with E-state index < -0.39 is 12.3 Å². The summed E-state index contributed by atoms with van der Waals surface area (Å²) in [6.45, 7) is 4.37. The molecule has 8 heteroatoms. The highest BCUT2D eigenvalue weighted by molar-refractivity contribution is 5.67. The molecule has 1 N–H and O–H groups in total. The summed E-state index contributed by atoms with van der Waals surface area (Å²) in [4.78, 5) is 8.24. The van der Waals surface area contributed by atoms with Crippen molar-refractivity contribution in [2.45, 2.75) is 64.6 Å². The Morgan fingerprint density at radius 3 is 2.87 bits per heavy atom. The second-order valence-corrected chi connectivity index (χ2v) is 8.63. The van der Waals surface area contributed by atoms with Crippen molar-refractivity contribution in [1.82, 2.24) is 24.7 Å². The summed E-state index contributed by atoms with van der Waals surface area (Å²) in [6.07, 6.45) is 10.1. The predicted molar refractivity (Wildman–Crippen MR) is 115 cm³/mol. The van der Waals surface area contributed by atoms with Gasteiger partial charge < -0.3 is 14.4 Å². The summed E-state index contributed by atoms with van der Waals surface area (Å²) < 4.78 is 22.3. The third-order valence-electron chi connectivity index (χ3n) is 6.07. The molecule has 164 valence electrons. The van der Waals surface area contributed by atoms with Crippen molar-refractivity contribution in [1.29, 1.82) is 0 Å². The van der Waals surface area contributed by atoms with Crippen LogP contribution in [-0.4, -0.2) is 42.1 Å². The van der Waals surface area contributed by atoms with Gasteiger partial charge in [-0.3, -0.25) is 0 Å². The Balaban J connectivity index is 1.49. The van der Waals surface area contributed by atoms with E-state index in [2.05, 4.69) is 34.0 Å². The van der Waals surface area contributed by atoms with Crippen LogP contribution >= 0.6 is 0 Å². The minimum Gasteiger partial charge on any atom is -0.507 e. The molecule has 0 unspecified atom stereocenters. The van der Waals surface area contributed by atoms with Gasteiger partial charge in [0.2, 0.25) is 0 Å². The molecule has 31 heavy (non-hydrogen) atoms. The second kappa shape index (κ2) is 8.99. The van der Waals surface area contributed by atoms with Gasteiger partial charge in [-0.25, -0.2) is 14.4 Å². The molecule has 7 nitrogen and oxygen atoms in total. The van der Waals surface area contributed by atoms with Crippen LogP contribution in [0.15, 0.2) is 43.1 Å². The third-order valence-corrected chi connectivity index (χ3v) is 6.07. The minimum atomic E-state index is -1.04. The summed E-state index contributed by atoms with van der Waals surface area (Å²) >= 11 is 0. The van der Waals surface area contributed by atoms with Gasteiger partial charge in [0.05, 0.1) is 18.2 Å². The molecule has 2 heterocycles. The Kier molecular flexibility index (Phi) is 6.15. The van der Waals surface area contributed by atoms with Gasteiger partial charge in [-0.05, 0) is 49.7 Å². The SMILES string of the molecule is CCC[C@]1(C)CCC[C@H](F)[C@H](Oc2ncc(-c3ccc(-n4ccnc4)cc3O)nn2)C1. The number of rotatable bonds is 6. The fourth-order valence-electron chi connectivity index (χ4n) is 4.46. The lowest BCUT2D eigenvalue weighted by Crippen LogP contribution is -2.33. The topological polar surface area (TPSA) is 86.0 Å². The summed E-state index contributed by atoms with van der Waals surface area (Å²) in [5, 5.41) is 18.6. The van der Waals surface area contributed by atoms with Crippen molar-refractivity contribution >= 4 is 0 Å².